The van der Waals surface area contributed by atoms with Gasteiger partial charge in [0.1, 0.15) is 11.8 Å². The number of nitrogens with zero attached hydrogens (tertiary/aromatic N) is 2. The van der Waals surface area contributed by atoms with Crippen molar-refractivity contribution < 1.29 is 14.3 Å². The van der Waals surface area contributed by atoms with E-state index in [-0.39, 0.29) is 23.0 Å². The molecule has 0 bridgehead atoms. The molecular formula is C19H21N3O3. The summed E-state index contributed by atoms with van der Waals surface area (Å²) >= 11 is 0. The summed E-state index contributed by atoms with van der Waals surface area (Å²) < 4.78 is 12.6. The summed E-state index contributed by atoms with van der Waals surface area (Å²) in [5.41, 5.74) is 7.13. The Labute approximate surface area is 146 Å². The Kier molecular flexibility index (Phi) is 4.94. The molecule has 6 heteroatoms. The lowest BCUT2D eigenvalue weighted by Gasteiger charge is -2.24. The number of ether oxygens (including phenoxy) is 2. The number of nitrogens with two attached hydrogens (primary N) is 1. The number of rotatable bonds is 4. The van der Waals surface area contributed by atoms with E-state index < -0.39 is 5.97 Å². The van der Waals surface area contributed by atoms with Crippen molar-refractivity contribution in [3.63, 3.8) is 0 Å². The van der Waals surface area contributed by atoms with Gasteiger partial charge >= 0.3 is 5.97 Å². The zero-order valence-electron chi connectivity index (χ0n) is 14.2. The summed E-state index contributed by atoms with van der Waals surface area (Å²) in [5.74, 6) is 0.0745. The summed E-state index contributed by atoms with van der Waals surface area (Å²) in [7, 11) is 1.29. The highest BCUT2D eigenvalue weighted by Crippen LogP contribution is 2.32. The van der Waals surface area contributed by atoms with E-state index in [1.165, 1.54) is 13.5 Å². The predicted molar refractivity (Wildman–Crippen MR) is 93.7 cm³/mol. The Hall–Kier alpha value is -2.94. The van der Waals surface area contributed by atoms with E-state index in [0.717, 1.165) is 25.7 Å². The van der Waals surface area contributed by atoms with Gasteiger partial charge in [0.2, 0.25) is 0 Å². The zero-order chi connectivity index (χ0) is 17.8. The number of anilines is 1. The Morgan fingerprint density at radius 3 is 2.68 bits per heavy atom. The molecule has 0 radical (unpaired) electrons. The largest absolute Gasteiger partial charge is 0.488 e. The van der Waals surface area contributed by atoms with Gasteiger partial charge in [0, 0.05) is 6.20 Å². The number of esters is 1. The maximum absolute atomic E-state index is 12.2. The van der Waals surface area contributed by atoms with Crippen LogP contribution in [0.2, 0.25) is 0 Å². The maximum Gasteiger partial charge on any atom is 0.357 e. The fourth-order valence-electron chi connectivity index (χ4n) is 3.22. The van der Waals surface area contributed by atoms with Crippen molar-refractivity contribution in [3.05, 3.63) is 41.7 Å². The first kappa shape index (κ1) is 16.9. The SMILES string of the molecule is COC(=O)c1c(N)c(C#N)cn1-c1ccccc1OC1CCCCC1. The molecule has 3 rings (SSSR count). The molecule has 1 fully saturated rings. The number of carbonyl (C=O) groups excluding carboxylic acids is 1. The van der Waals surface area contributed by atoms with E-state index >= 15 is 0 Å². The molecular weight excluding hydrogens is 318 g/mol. The van der Waals surface area contributed by atoms with Crippen molar-refractivity contribution >= 4 is 11.7 Å². The van der Waals surface area contributed by atoms with Crippen LogP contribution in [0, 0.1) is 11.3 Å². The minimum atomic E-state index is -0.591. The van der Waals surface area contributed by atoms with E-state index in [4.69, 9.17) is 15.2 Å². The standard InChI is InChI=1S/C19H21N3O3/c1-24-19(23)18-17(21)13(11-20)12-22(18)15-9-5-6-10-16(15)25-14-7-3-2-4-8-14/h5-6,9-10,12,14H,2-4,7-8,21H2,1H3. The third kappa shape index (κ3) is 3.31. The third-order valence-electron chi connectivity index (χ3n) is 4.51. The quantitative estimate of drug-likeness (QED) is 0.862. The van der Waals surface area contributed by atoms with Gasteiger partial charge in [-0.15, -0.1) is 0 Å². The molecule has 1 aromatic carbocycles. The van der Waals surface area contributed by atoms with Crippen molar-refractivity contribution in [3.8, 4) is 17.5 Å². The number of carbonyl (C=O) groups is 1. The summed E-state index contributed by atoms with van der Waals surface area (Å²) in [5, 5.41) is 9.26. The van der Waals surface area contributed by atoms with Crippen molar-refractivity contribution in [1.82, 2.24) is 4.57 Å². The lowest BCUT2D eigenvalue weighted by molar-refractivity contribution is 0.0593. The molecule has 2 N–H and O–H groups in total. The summed E-state index contributed by atoms with van der Waals surface area (Å²) in [6.07, 6.45) is 7.33. The number of methoxy groups -OCH3 is 1. The van der Waals surface area contributed by atoms with Crippen LogP contribution >= 0.6 is 0 Å². The molecule has 0 unspecified atom stereocenters. The molecule has 0 amide bonds. The predicted octanol–water partition coefficient (Wildman–Crippen LogP) is 3.43. The minimum absolute atomic E-state index is 0.113. The van der Waals surface area contributed by atoms with E-state index in [0.29, 0.717) is 11.4 Å². The number of hydrogen-bond donors (Lipinski definition) is 1. The van der Waals surface area contributed by atoms with Crippen LogP contribution in [0.4, 0.5) is 5.69 Å². The molecule has 0 spiro atoms. The highest BCUT2D eigenvalue weighted by molar-refractivity contribution is 5.96. The number of aromatic nitrogens is 1. The van der Waals surface area contributed by atoms with Crippen molar-refractivity contribution in [2.24, 2.45) is 0 Å². The van der Waals surface area contributed by atoms with E-state index in [1.807, 2.05) is 30.3 Å². The number of nitriles is 1. The fraction of sp³-hybridized carbons (Fsp3) is 0.368. The van der Waals surface area contributed by atoms with Crippen LogP contribution in [0.1, 0.15) is 48.2 Å². The van der Waals surface area contributed by atoms with Crippen LogP contribution in [-0.4, -0.2) is 23.8 Å². The molecule has 0 saturated heterocycles. The Morgan fingerprint density at radius 2 is 2.00 bits per heavy atom. The van der Waals surface area contributed by atoms with Crippen molar-refractivity contribution in [2.75, 3.05) is 12.8 Å². The summed E-state index contributed by atoms with van der Waals surface area (Å²) in [6, 6.07) is 9.46. The van der Waals surface area contributed by atoms with Gasteiger partial charge in [0.15, 0.2) is 5.69 Å². The molecule has 1 heterocycles. The number of benzene rings is 1. The van der Waals surface area contributed by atoms with Gasteiger partial charge in [-0.3, -0.25) is 0 Å². The third-order valence-corrected chi connectivity index (χ3v) is 4.51. The van der Waals surface area contributed by atoms with E-state index in [9.17, 15) is 10.1 Å². The van der Waals surface area contributed by atoms with Crippen LogP contribution in [0.3, 0.4) is 0 Å². The van der Waals surface area contributed by atoms with E-state index in [2.05, 4.69) is 0 Å². The van der Waals surface area contributed by atoms with Crippen LogP contribution < -0.4 is 10.5 Å². The summed E-state index contributed by atoms with van der Waals surface area (Å²) in [4.78, 5) is 12.2. The first-order valence-corrected chi connectivity index (χ1v) is 8.41. The second kappa shape index (κ2) is 7.31. The normalized spacial score (nSPS) is 14.7. The highest BCUT2D eigenvalue weighted by Gasteiger charge is 2.24. The van der Waals surface area contributed by atoms with Gasteiger partial charge in [-0.05, 0) is 37.8 Å². The van der Waals surface area contributed by atoms with Gasteiger partial charge in [-0.2, -0.15) is 5.26 Å². The Balaban J connectivity index is 2.05. The maximum atomic E-state index is 12.2. The number of nitrogen functional groups attached to an aromatic ring is 1. The Bertz CT molecular complexity index is 814. The van der Waals surface area contributed by atoms with E-state index in [1.54, 1.807) is 10.8 Å². The zero-order valence-corrected chi connectivity index (χ0v) is 14.2. The van der Waals surface area contributed by atoms with Gasteiger partial charge in [-0.25, -0.2) is 4.79 Å². The van der Waals surface area contributed by atoms with Crippen molar-refractivity contribution in [1.29, 1.82) is 5.26 Å². The fourth-order valence-corrected chi connectivity index (χ4v) is 3.22. The molecule has 1 aliphatic rings. The van der Waals surface area contributed by atoms with Crippen LogP contribution in [0.15, 0.2) is 30.5 Å². The molecule has 1 aliphatic carbocycles. The topological polar surface area (TPSA) is 90.3 Å². The molecule has 0 aliphatic heterocycles. The molecule has 1 aromatic heterocycles. The number of hydrogen-bond acceptors (Lipinski definition) is 5. The molecule has 0 atom stereocenters. The first-order valence-electron chi connectivity index (χ1n) is 8.41. The van der Waals surface area contributed by atoms with Gasteiger partial charge in [0.05, 0.1) is 30.2 Å². The van der Waals surface area contributed by atoms with Gasteiger partial charge in [-0.1, -0.05) is 18.6 Å². The lowest BCUT2D eigenvalue weighted by atomic mass is 9.98. The molecule has 25 heavy (non-hydrogen) atoms. The van der Waals surface area contributed by atoms with Crippen LogP contribution in [0.5, 0.6) is 5.75 Å². The van der Waals surface area contributed by atoms with Gasteiger partial charge in [0.25, 0.3) is 0 Å². The monoisotopic (exact) mass is 339 g/mol. The summed E-state index contributed by atoms with van der Waals surface area (Å²) in [6.45, 7) is 0. The number of para-hydroxylation sites is 2. The molecule has 2 aromatic rings. The van der Waals surface area contributed by atoms with Crippen LogP contribution in [0.25, 0.3) is 5.69 Å². The highest BCUT2D eigenvalue weighted by atomic mass is 16.5. The molecule has 6 nitrogen and oxygen atoms in total. The molecule has 1 saturated carbocycles. The first-order chi connectivity index (χ1) is 12.2. The van der Waals surface area contributed by atoms with Crippen LogP contribution in [-0.2, 0) is 4.74 Å². The minimum Gasteiger partial charge on any atom is -0.488 e. The smallest absolute Gasteiger partial charge is 0.357 e. The molecule has 130 valence electrons. The Morgan fingerprint density at radius 1 is 1.28 bits per heavy atom. The second-order valence-electron chi connectivity index (χ2n) is 6.12. The van der Waals surface area contributed by atoms with Crippen molar-refractivity contribution in [2.45, 2.75) is 38.2 Å². The average molecular weight is 339 g/mol. The average Bonchev–Trinajstić information content (AvgIpc) is 2.98. The second-order valence-corrected chi connectivity index (χ2v) is 6.12. The van der Waals surface area contributed by atoms with Gasteiger partial charge < -0.3 is 19.8 Å². The lowest BCUT2D eigenvalue weighted by Crippen LogP contribution is -2.20.